The molecule has 1 aromatic carbocycles. The molecule has 20 heavy (non-hydrogen) atoms. The van der Waals surface area contributed by atoms with Crippen LogP contribution in [0.1, 0.15) is 5.56 Å². The van der Waals surface area contributed by atoms with E-state index < -0.39 is 14.9 Å². The maximum Gasteiger partial charge on any atom is 0.276 e. The maximum absolute atomic E-state index is 10.7. The van der Waals surface area contributed by atoms with Crippen LogP contribution in [0.2, 0.25) is 0 Å². The van der Waals surface area contributed by atoms with Gasteiger partial charge >= 0.3 is 0 Å². The Morgan fingerprint density at radius 3 is 2.60 bits per heavy atom. The summed E-state index contributed by atoms with van der Waals surface area (Å²) in [6.07, 6.45) is 0. The normalized spacial score (nSPS) is 11.3. The van der Waals surface area contributed by atoms with E-state index in [1.54, 1.807) is 13.0 Å². The number of hydrogen-bond donors (Lipinski definition) is 1. The van der Waals surface area contributed by atoms with Crippen molar-refractivity contribution in [3.8, 4) is 5.75 Å². The molecule has 0 saturated heterocycles. The third-order valence-corrected chi connectivity index (χ3v) is 3.19. The Morgan fingerprint density at radius 1 is 1.30 bits per heavy atom. The lowest BCUT2D eigenvalue weighted by Crippen LogP contribution is -2.21. The van der Waals surface area contributed by atoms with Gasteiger partial charge in [-0.3, -0.25) is 10.1 Å². The molecule has 0 bridgehead atoms. The fourth-order valence-corrected chi connectivity index (χ4v) is 1.79. The van der Waals surface area contributed by atoms with Crippen molar-refractivity contribution in [1.29, 1.82) is 0 Å². The molecule has 0 saturated carbocycles. The molecular weight excluding hydrogens is 288 g/mol. The van der Waals surface area contributed by atoms with E-state index in [4.69, 9.17) is 14.6 Å². The number of nitrogens with two attached hydrogens (primary N) is 1. The van der Waals surface area contributed by atoms with Crippen molar-refractivity contribution < 1.29 is 22.8 Å². The molecule has 0 radical (unpaired) electrons. The van der Waals surface area contributed by atoms with E-state index in [0.29, 0.717) is 11.3 Å². The first-order chi connectivity index (χ1) is 9.31. The van der Waals surface area contributed by atoms with Gasteiger partial charge in [-0.05, 0) is 13.0 Å². The Balaban J connectivity index is 2.40. The molecule has 1 aromatic rings. The van der Waals surface area contributed by atoms with Crippen LogP contribution in [0.3, 0.4) is 0 Å². The van der Waals surface area contributed by atoms with E-state index in [-0.39, 0.29) is 31.3 Å². The maximum atomic E-state index is 10.7. The predicted molar refractivity (Wildman–Crippen MR) is 72.1 cm³/mol. The van der Waals surface area contributed by atoms with Gasteiger partial charge in [-0.25, -0.2) is 13.6 Å². The highest BCUT2D eigenvalue weighted by atomic mass is 32.2. The summed E-state index contributed by atoms with van der Waals surface area (Å²) in [4.78, 5) is 10.3. The molecule has 0 aliphatic heterocycles. The smallest absolute Gasteiger partial charge is 0.276 e. The molecule has 0 heterocycles. The van der Waals surface area contributed by atoms with Crippen LogP contribution < -0.4 is 9.88 Å². The van der Waals surface area contributed by atoms with Crippen molar-refractivity contribution in [2.75, 3.05) is 25.6 Å². The average molecular weight is 304 g/mol. The SMILES string of the molecule is Cc1c(OCCOCCS(N)(=O)=O)cccc1[N+](=O)[O-]. The Kier molecular flexibility index (Phi) is 5.86. The minimum absolute atomic E-state index is 0.0161. The summed E-state index contributed by atoms with van der Waals surface area (Å²) in [7, 11) is -3.53. The molecule has 0 fully saturated rings. The fourth-order valence-electron chi connectivity index (χ4n) is 1.44. The number of nitro benzene ring substituents is 1. The molecule has 9 heteroatoms. The summed E-state index contributed by atoms with van der Waals surface area (Å²) >= 11 is 0. The Labute approximate surface area is 116 Å². The molecule has 2 N–H and O–H groups in total. The minimum Gasteiger partial charge on any atom is -0.491 e. The van der Waals surface area contributed by atoms with Gasteiger partial charge in [0.1, 0.15) is 12.4 Å². The first-order valence-electron chi connectivity index (χ1n) is 5.76. The number of benzene rings is 1. The van der Waals surface area contributed by atoms with E-state index in [0.717, 1.165) is 0 Å². The molecular formula is C11H16N2O6S. The predicted octanol–water partition coefficient (Wildman–Crippen LogP) is 0.587. The summed E-state index contributed by atoms with van der Waals surface area (Å²) in [5, 5.41) is 15.5. The number of ether oxygens (including phenoxy) is 2. The molecule has 0 aromatic heterocycles. The Morgan fingerprint density at radius 2 is 2.00 bits per heavy atom. The highest BCUT2D eigenvalue weighted by Gasteiger charge is 2.13. The van der Waals surface area contributed by atoms with Crippen molar-refractivity contribution in [2.24, 2.45) is 5.14 Å². The Bertz CT molecular complexity index is 572. The second-order valence-electron chi connectivity index (χ2n) is 3.99. The van der Waals surface area contributed by atoms with Crippen LogP contribution in [-0.2, 0) is 14.8 Å². The lowest BCUT2D eigenvalue weighted by atomic mass is 10.2. The van der Waals surface area contributed by atoms with E-state index >= 15 is 0 Å². The topological polar surface area (TPSA) is 122 Å². The Hall–Kier alpha value is -1.71. The van der Waals surface area contributed by atoms with Crippen molar-refractivity contribution in [2.45, 2.75) is 6.92 Å². The zero-order valence-corrected chi connectivity index (χ0v) is 11.8. The second kappa shape index (κ2) is 7.17. The monoisotopic (exact) mass is 304 g/mol. The number of nitrogens with zero attached hydrogens (tertiary/aromatic N) is 1. The van der Waals surface area contributed by atoms with Crippen LogP contribution in [0.4, 0.5) is 5.69 Å². The first kappa shape index (κ1) is 16.3. The third-order valence-electron chi connectivity index (χ3n) is 2.45. The van der Waals surface area contributed by atoms with E-state index in [9.17, 15) is 18.5 Å². The van der Waals surface area contributed by atoms with Gasteiger partial charge in [0.2, 0.25) is 10.0 Å². The minimum atomic E-state index is -3.53. The van der Waals surface area contributed by atoms with Crippen LogP contribution in [0.15, 0.2) is 18.2 Å². The van der Waals surface area contributed by atoms with E-state index in [1.807, 2.05) is 0 Å². The van der Waals surface area contributed by atoms with Crippen molar-refractivity contribution in [3.05, 3.63) is 33.9 Å². The molecule has 0 aliphatic rings. The lowest BCUT2D eigenvalue weighted by Gasteiger charge is -2.09. The molecule has 0 spiro atoms. The quantitative estimate of drug-likeness (QED) is 0.426. The number of primary sulfonamides is 1. The highest BCUT2D eigenvalue weighted by molar-refractivity contribution is 7.89. The largest absolute Gasteiger partial charge is 0.491 e. The summed E-state index contributed by atoms with van der Waals surface area (Å²) in [5.74, 6) is 0.136. The van der Waals surface area contributed by atoms with Crippen molar-refractivity contribution in [1.82, 2.24) is 0 Å². The highest BCUT2D eigenvalue weighted by Crippen LogP contribution is 2.26. The van der Waals surface area contributed by atoms with E-state index in [2.05, 4.69) is 0 Å². The van der Waals surface area contributed by atoms with Gasteiger partial charge in [-0.2, -0.15) is 0 Å². The second-order valence-corrected chi connectivity index (χ2v) is 5.72. The molecule has 0 atom stereocenters. The van der Waals surface area contributed by atoms with Crippen molar-refractivity contribution >= 4 is 15.7 Å². The van der Waals surface area contributed by atoms with Gasteiger partial charge in [0.15, 0.2) is 0 Å². The number of sulfonamides is 1. The standard InChI is InChI=1S/C11H16N2O6S/c1-9-10(13(14)15)3-2-4-11(9)19-6-5-18-7-8-20(12,16)17/h2-4H,5-8H2,1H3,(H2,12,16,17). The molecule has 1 rings (SSSR count). The fraction of sp³-hybridized carbons (Fsp3) is 0.455. The van der Waals surface area contributed by atoms with Crippen molar-refractivity contribution in [3.63, 3.8) is 0 Å². The van der Waals surface area contributed by atoms with Crippen LogP contribution >= 0.6 is 0 Å². The van der Waals surface area contributed by atoms with Gasteiger partial charge in [0.05, 0.1) is 29.5 Å². The lowest BCUT2D eigenvalue weighted by molar-refractivity contribution is -0.385. The number of rotatable bonds is 8. The zero-order chi connectivity index (χ0) is 15.2. The first-order valence-corrected chi connectivity index (χ1v) is 7.48. The van der Waals surface area contributed by atoms with Gasteiger partial charge in [0, 0.05) is 6.07 Å². The molecule has 112 valence electrons. The number of hydrogen-bond acceptors (Lipinski definition) is 6. The average Bonchev–Trinajstić information content (AvgIpc) is 2.33. The zero-order valence-electron chi connectivity index (χ0n) is 10.9. The molecule has 0 unspecified atom stereocenters. The van der Waals surface area contributed by atoms with E-state index in [1.165, 1.54) is 12.1 Å². The van der Waals surface area contributed by atoms with Crippen LogP contribution in [0.5, 0.6) is 5.75 Å². The molecule has 0 amide bonds. The van der Waals surface area contributed by atoms with Crippen LogP contribution in [0.25, 0.3) is 0 Å². The summed E-state index contributed by atoms with van der Waals surface area (Å²) in [5.41, 5.74) is 0.416. The summed E-state index contributed by atoms with van der Waals surface area (Å²) in [6.45, 7) is 1.90. The van der Waals surface area contributed by atoms with Gasteiger partial charge in [-0.15, -0.1) is 0 Å². The third kappa shape index (κ3) is 5.51. The van der Waals surface area contributed by atoms with Crippen LogP contribution in [0, 0.1) is 17.0 Å². The summed E-state index contributed by atoms with van der Waals surface area (Å²) < 4.78 is 31.6. The summed E-state index contributed by atoms with van der Waals surface area (Å²) in [6, 6.07) is 4.54. The van der Waals surface area contributed by atoms with Gasteiger partial charge < -0.3 is 9.47 Å². The van der Waals surface area contributed by atoms with Gasteiger partial charge in [-0.1, -0.05) is 6.07 Å². The van der Waals surface area contributed by atoms with Gasteiger partial charge in [0.25, 0.3) is 5.69 Å². The molecule has 8 nitrogen and oxygen atoms in total. The van der Waals surface area contributed by atoms with Crippen LogP contribution in [-0.4, -0.2) is 38.9 Å². The molecule has 0 aliphatic carbocycles. The number of nitro groups is 1.